The molecule has 2 atom stereocenters. The molecule has 120 valence electrons. The molecule has 1 aliphatic carbocycles. The maximum absolute atomic E-state index is 12.9. The molecule has 1 aromatic carbocycles. The van der Waals surface area contributed by atoms with E-state index in [0.29, 0.717) is 12.6 Å². The van der Waals surface area contributed by atoms with Gasteiger partial charge in [-0.1, -0.05) is 30.3 Å². The fourth-order valence-corrected chi connectivity index (χ4v) is 3.69. The van der Waals surface area contributed by atoms with Crippen LogP contribution in [0.15, 0.2) is 41.9 Å². The smallest absolute Gasteiger partial charge is 0.241 e. The van der Waals surface area contributed by atoms with Crippen molar-refractivity contribution < 1.29 is 4.79 Å². The second-order valence-corrected chi connectivity index (χ2v) is 7.14. The summed E-state index contributed by atoms with van der Waals surface area (Å²) in [7, 11) is 0. The van der Waals surface area contributed by atoms with E-state index in [2.05, 4.69) is 28.0 Å². The van der Waals surface area contributed by atoms with Gasteiger partial charge >= 0.3 is 0 Å². The van der Waals surface area contributed by atoms with E-state index in [0.717, 1.165) is 24.3 Å². The number of hydrogen-bond acceptors (Lipinski definition) is 5. The van der Waals surface area contributed by atoms with Gasteiger partial charge in [-0.2, -0.15) is 0 Å². The van der Waals surface area contributed by atoms with Crippen LogP contribution in [0.5, 0.6) is 0 Å². The maximum Gasteiger partial charge on any atom is 0.241 e. The Morgan fingerprint density at radius 1 is 1.26 bits per heavy atom. The normalized spacial score (nSPS) is 23.8. The van der Waals surface area contributed by atoms with Crippen LogP contribution in [0.3, 0.4) is 0 Å². The predicted molar refractivity (Wildman–Crippen MR) is 89.5 cm³/mol. The summed E-state index contributed by atoms with van der Waals surface area (Å²) in [6.07, 6.45) is 4.80. The molecule has 1 saturated carbocycles. The number of benzene rings is 1. The van der Waals surface area contributed by atoms with Gasteiger partial charge in [-0.05, 0) is 24.8 Å². The van der Waals surface area contributed by atoms with Crippen LogP contribution in [0.2, 0.25) is 0 Å². The highest BCUT2D eigenvalue weighted by molar-refractivity contribution is 7.09. The Balaban J connectivity index is 1.43. The average molecular weight is 328 g/mol. The highest BCUT2D eigenvalue weighted by Crippen LogP contribution is 2.31. The first kappa shape index (κ1) is 14.8. The monoisotopic (exact) mass is 328 g/mol. The number of hydrazine groups is 1. The van der Waals surface area contributed by atoms with E-state index in [1.807, 2.05) is 28.5 Å². The second kappa shape index (κ2) is 6.39. The van der Waals surface area contributed by atoms with Crippen molar-refractivity contribution in [1.82, 2.24) is 20.7 Å². The van der Waals surface area contributed by atoms with Crippen LogP contribution in [-0.4, -0.2) is 27.9 Å². The summed E-state index contributed by atoms with van der Waals surface area (Å²) >= 11 is 1.61. The molecule has 1 aromatic heterocycles. The van der Waals surface area contributed by atoms with E-state index >= 15 is 0 Å². The largest absolute Gasteiger partial charge is 0.332 e. The molecule has 1 aliphatic heterocycles. The van der Waals surface area contributed by atoms with Crippen molar-refractivity contribution in [2.75, 3.05) is 0 Å². The first-order valence-electron chi connectivity index (χ1n) is 8.06. The van der Waals surface area contributed by atoms with Crippen molar-refractivity contribution in [1.29, 1.82) is 0 Å². The van der Waals surface area contributed by atoms with E-state index in [9.17, 15) is 4.79 Å². The van der Waals surface area contributed by atoms with Gasteiger partial charge in [0.25, 0.3) is 0 Å². The number of aromatic nitrogens is 1. The molecule has 4 rings (SSSR count). The first-order valence-corrected chi connectivity index (χ1v) is 8.94. The molecule has 2 N–H and O–H groups in total. The zero-order valence-corrected chi connectivity index (χ0v) is 13.6. The summed E-state index contributed by atoms with van der Waals surface area (Å²) in [5, 5.41) is 2.97. The topological polar surface area (TPSA) is 57.3 Å². The van der Waals surface area contributed by atoms with Crippen molar-refractivity contribution in [3.63, 3.8) is 0 Å². The number of carbonyl (C=O) groups is 1. The van der Waals surface area contributed by atoms with E-state index < -0.39 is 0 Å². The summed E-state index contributed by atoms with van der Waals surface area (Å²) < 4.78 is 0. The lowest BCUT2D eigenvalue weighted by Gasteiger charge is -2.24. The Hall–Kier alpha value is -1.76. The summed E-state index contributed by atoms with van der Waals surface area (Å²) in [6.45, 7) is 0.634. The van der Waals surface area contributed by atoms with Crippen molar-refractivity contribution in [2.24, 2.45) is 0 Å². The van der Waals surface area contributed by atoms with Crippen molar-refractivity contribution in [3.05, 3.63) is 52.5 Å². The highest BCUT2D eigenvalue weighted by atomic mass is 32.1. The zero-order chi connectivity index (χ0) is 15.6. The van der Waals surface area contributed by atoms with Gasteiger partial charge < -0.3 is 4.90 Å². The summed E-state index contributed by atoms with van der Waals surface area (Å²) in [4.78, 5) is 19.3. The van der Waals surface area contributed by atoms with Gasteiger partial charge in [0, 0.05) is 23.7 Å². The number of nitrogens with one attached hydrogen (secondary N) is 2. The summed E-state index contributed by atoms with van der Waals surface area (Å²) in [5.74, 6) is 0.189. The minimum atomic E-state index is -0.166. The molecule has 2 aromatic rings. The van der Waals surface area contributed by atoms with Crippen LogP contribution in [0, 0.1) is 0 Å². The third-order valence-electron chi connectivity index (χ3n) is 4.46. The Morgan fingerprint density at radius 2 is 2.09 bits per heavy atom. The molecule has 5 nitrogen and oxygen atoms in total. The molecule has 1 amide bonds. The molecule has 0 spiro atoms. The van der Waals surface area contributed by atoms with E-state index in [-0.39, 0.29) is 18.0 Å². The summed E-state index contributed by atoms with van der Waals surface area (Å²) in [6, 6.07) is 10.7. The van der Waals surface area contributed by atoms with Gasteiger partial charge in [0.2, 0.25) is 5.91 Å². The fraction of sp³-hybridized carbons (Fsp3) is 0.412. The molecular weight excluding hydrogens is 308 g/mol. The molecule has 23 heavy (non-hydrogen) atoms. The Labute approximate surface area is 139 Å². The standard InChI is InChI=1S/C17H20N4OS/c22-17(21(13-6-7-13)11-16-18-8-9-23-16)15-10-14(19-20-15)12-4-2-1-3-5-12/h1-5,8-9,13-15,19-20H,6-7,10-11H2. The molecule has 2 unspecified atom stereocenters. The van der Waals surface area contributed by atoms with Crippen LogP contribution >= 0.6 is 11.3 Å². The quantitative estimate of drug-likeness (QED) is 0.884. The number of rotatable bonds is 5. The Kier molecular flexibility index (Phi) is 4.11. The van der Waals surface area contributed by atoms with Gasteiger partial charge in [0.15, 0.2) is 0 Å². The van der Waals surface area contributed by atoms with Crippen molar-refractivity contribution >= 4 is 17.2 Å². The van der Waals surface area contributed by atoms with Gasteiger partial charge in [0.1, 0.15) is 11.0 Å². The third kappa shape index (κ3) is 3.29. The molecule has 2 heterocycles. The number of hydrogen-bond donors (Lipinski definition) is 2. The van der Waals surface area contributed by atoms with Crippen LogP contribution in [0.4, 0.5) is 0 Å². The highest BCUT2D eigenvalue weighted by Gasteiger charge is 2.39. The van der Waals surface area contributed by atoms with Crippen LogP contribution in [0.1, 0.15) is 35.9 Å². The Morgan fingerprint density at radius 3 is 2.78 bits per heavy atom. The SMILES string of the molecule is O=C(C1CC(c2ccccc2)NN1)N(Cc1nccs1)C1CC1. The number of amides is 1. The molecule has 1 saturated heterocycles. The van der Waals surface area contributed by atoms with Crippen molar-refractivity contribution in [2.45, 2.75) is 43.9 Å². The van der Waals surface area contributed by atoms with Crippen LogP contribution in [0.25, 0.3) is 0 Å². The van der Waals surface area contributed by atoms with E-state index in [1.54, 1.807) is 17.5 Å². The molecule has 0 radical (unpaired) electrons. The van der Waals surface area contributed by atoms with E-state index in [1.165, 1.54) is 5.56 Å². The second-order valence-electron chi connectivity index (χ2n) is 6.16. The van der Waals surface area contributed by atoms with Gasteiger partial charge in [0.05, 0.1) is 6.54 Å². The minimum absolute atomic E-state index is 0.166. The average Bonchev–Trinajstić information content (AvgIpc) is 3.10. The lowest BCUT2D eigenvalue weighted by atomic mass is 10.0. The first-order chi connectivity index (χ1) is 11.3. The molecule has 0 bridgehead atoms. The van der Waals surface area contributed by atoms with Crippen molar-refractivity contribution in [3.8, 4) is 0 Å². The van der Waals surface area contributed by atoms with Gasteiger partial charge in [-0.3, -0.25) is 4.79 Å². The fourth-order valence-electron chi connectivity index (χ4n) is 3.07. The number of thiazole rings is 1. The van der Waals surface area contributed by atoms with Crippen LogP contribution in [-0.2, 0) is 11.3 Å². The van der Waals surface area contributed by atoms with Gasteiger partial charge in [-0.15, -0.1) is 11.3 Å². The molecule has 2 aliphatic rings. The molecule has 6 heteroatoms. The maximum atomic E-state index is 12.9. The Bertz CT molecular complexity index is 656. The lowest BCUT2D eigenvalue weighted by molar-refractivity contribution is -0.134. The van der Waals surface area contributed by atoms with Gasteiger partial charge in [-0.25, -0.2) is 15.8 Å². The third-order valence-corrected chi connectivity index (χ3v) is 5.23. The number of carbonyl (C=O) groups excluding carboxylic acids is 1. The number of nitrogens with zero attached hydrogens (tertiary/aromatic N) is 2. The van der Waals surface area contributed by atoms with E-state index in [4.69, 9.17) is 0 Å². The summed E-state index contributed by atoms with van der Waals surface area (Å²) in [5.41, 5.74) is 7.67. The predicted octanol–water partition coefficient (Wildman–Crippen LogP) is 2.24. The minimum Gasteiger partial charge on any atom is -0.332 e. The zero-order valence-electron chi connectivity index (χ0n) is 12.8. The molecular formula is C17H20N4OS. The van der Waals surface area contributed by atoms with Crippen LogP contribution < -0.4 is 10.9 Å². The lowest BCUT2D eigenvalue weighted by Crippen LogP contribution is -2.46. The molecule has 2 fully saturated rings.